The van der Waals surface area contributed by atoms with Crippen molar-refractivity contribution in [3.05, 3.63) is 23.8 Å². The van der Waals surface area contributed by atoms with Gasteiger partial charge in [0.1, 0.15) is 0 Å². The number of Topliss-reactive ketones (excluding diaryl/α,β-unsaturated/α-hetero) is 1. The molecular formula is C16H21NO5S. The first-order valence-electron chi connectivity index (χ1n) is 7.42. The summed E-state index contributed by atoms with van der Waals surface area (Å²) in [5.41, 5.74) is 0.829. The molecule has 0 saturated carbocycles. The highest BCUT2D eigenvalue weighted by atomic mass is 32.2. The Hall–Kier alpha value is -1.89. The minimum atomic E-state index is -3.48. The van der Waals surface area contributed by atoms with Crippen LogP contribution in [0, 0.1) is 11.8 Å². The number of aliphatic carboxylic acids is 1. The van der Waals surface area contributed by atoms with Gasteiger partial charge < -0.3 is 10.0 Å². The SMILES string of the molecule is CC(=O)c1ccc(S(C)(=O)=O)c(N2CC(C)CC(C(=O)O)C2)c1. The van der Waals surface area contributed by atoms with E-state index in [9.17, 15) is 23.1 Å². The zero-order chi connectivity index (χ0) is 17.4. The predicted octanol–water partition coefficient (Wildman–Crippen LogP) is 1.84. The van der Waals surface area contributed by atoms with E-state index in [0.29, 0.717) is 24.2 Å². The van der Waals surface area contributed by atoms with Crippen LogP contribution in [0.1, 0.15) is 30.6 Å². The second kappa shape index (κ2) is 6.31. The zero-order valence-corrected chi connectivity index (χ0v) is 14.3. The van der Waals surface area contributed by atoms with Crippen molar-refractivity contribution in [1.29, 1.82) is 0 Å². The normalized spacial score (nSPS) is 22.0. The molecule has 2 unspecified atom stereocenters. The largest absolute Gasteiger partial charge is 0.481 e. The second-order valence-corrected chi connectivity index (χ2v) is 8.28. The first-order valence-corrected chi connectivity index (χ1v) is 9.31. The lowest BCUT2D eigenvalue weighted by molar-refractivity contribution is -0.142. The summed E-state index contributed by atoms with van der Waals surface area (Å²) in [7, 11) is -3.48. The number of nitrogens with zero attached hydrogens (tertiary/aromatic N) is 1. The molecule has 0 bridgehead atoms. The summed E-state index contributed by atoms with van der Waals surface area (Å²) in [5, 5.41) is 9.29. The number of anilines is 1. The van der Waals surface area contributed by atoms with Gasteiger partial charge in [-0.3, -0.25) is 9.59 Å². The van der Waals surface area contributed by atoms with Crippen LogP contribution in [-0.2, 0) is 14.6 Å². The van der Waals surface area contributed by atoms with Crippen molar-refractivity contribution in [2.45, 2.75) is 25.2 Å². The number of piperidine rings is 1. The van der Waals surface area contributed by atoms with Gasteiger partial charge in [0.25, 0.3) is 0 Å². The van der Waals surface area contributed by atoms with Crippen LogP contribution in [0.4, 0.5) is 5.69 Å². The maximum absolute atomic E-state index is 12.0. The third kappa shape index (κ3) is 3.90. The Balaban J connectivity index is 2.52. The molecule has 2 rings (SSSR count). The summed E-state index contributed by atoms with van der Waals surface area (Å²) in [6.45, 7) is 4.16. The Morgan fingerprint density at radius 1 is 1.26 bits per heavy atom. The van der Waals surface area contributed by atoms with Gasteiger partial charge in [-0.15, -0.1) is 0 Å². The summed E-state index contributed by atoms with van der Waals surface area (Å²) < 4.78 is 24.1. The molecule has 1 N–H and O–H groups in total. The summed E-state index contributed by atoms with van der Waals surface area (Å²) in [6.07, 6.45) is 1.67. The van der Waals surface area contributed by atoms with Crippen LogP contribution in [0.2, 0.25) is 0 Å². The molecule has 1 saturated heterocycles. The van der Waals surface area contributed by atoms with Gasteiger partial charge in [-0.05, 0) is 37.5 Å². The van der Waals surface area contributed by atoms with Crippen LogP contribution >= 0.6 is 0 Å². The van der Waals surface area contributed by atoms with Crippen LogP contribution < -0.4 is 4.90 Å². The number of sulfone groups is 1. The highest BCUT2D eigenvalue weighted by Gasteiger charge is 2.31. The number of ketones is 1. The molecule has 2 atom stereocenters. The molecule has 0 spiro atoms. The molecule has 1 fully saturated rings. The highest BCUT2D eigenvalue weighted by Crippen LogP contribution is 2.32. The summed E-state index contributed by atoms with van der Waals surface area (Å²) in [6, 6.07) is 4.47. The number of carbonyl (C=O) groups excluding carboxylic acids is 1. The molecule has 0 amide bonds. The minimum Gasteiger partial charge on any atom is -0.481 e. The van der Waals surface area contributed by atoms with Crippen molar-refractivity contribution in [2.75, 3.05) is 24.2 Å². The van der Waals surface area contributed by atoms with E-state index < -0.39 is 21.7 Å². The first-order chi connectivity index (χ1) is 10.6. The first kappa shape index (κ1) is 17.5. The molecule has 1 aliphatic heterocycles. The van der Waals surface area contributed by atoms with Gasteiger partial charge in [-0.25, -0.2) is 8.42 Å². The average molecular weight is 339 g/mol. The maximum atomic E-state index is 12.0. The van der Waals surface area contributed by atoms with Crippen LogP contribution in [0.15, 0.2) is 23.1 Å². The van der Waals surface area contributed by atoms with E-state index in [-0.39, 0.29) is 23.1 Å². The molecule has 7 heteroatoms. The van der Waals surface area contributed by atoms with Crippen molar-refractivity contribution < 1.29 is 23.1 Å². The summed E-state index contributed by atoms with van der Waals surface area (Å²) in [4.78, 5) is 24.9. The lowest BCUT2D eigenvalue weighted by Crippen LogP contribution is -2.43. The van der Waals surface area contributed by atoms with Gasteiger partial charge >= 0.3 is 5.97 Å². The van der Waals surface area contributed by atoms with E-state index in [1.54, 1.807) is 11.0 Å². The van der Waals surface area contributed by atoms with E-state index in [2.05, 4.69) is 0 Å². The molecule has 1 aromatic rings. The summed E-state index contributed by atoms with van der Waals surface area (Å²) in [5.74, 6) is -1.47. The van der Waals surface area contributed by atoms with E-state index in [4.69, 9.17) is 0 Å². The topological polar surface area (TPSA) is 91.8 Å². The molecule has 1 aliphatic rings. The van der Waals surface area contributed by atoms with Crippen molar-refractivity contribution >= 4 is 27.3 Å². The number of carbonyl (C=O) groups is 2. The summed E-state index contributed by atoms with van der Waals surface area (Å²) >= 11 is 0. The molecule has 6 nitrogen and oxygen atoms in total. The van der Waals surface area contributed by atoms with Crippen molar-refractivity contribution in [2.24, 2.45) is 11.8 Å². The van der Waals surface area contributed by atoms with E-state index in [1.807, 2.05) is 6.92 Å². The smallest absolute Gasteiger partial charge is 0.308 e. The van der Waals surface area contributed by atoms with Crippen LogP contribution in [-0.4, -0.2) is 44.6 Å². The zero-order valence-electron chi connectivity index (χ0n) is 13.4. The van der Waals surface area contributed by atoms with Gasteiger partial charge in [0, 0.05) is 24.9 Å². The molecular weight excluding hydrogens is 318 g/mol. The molecule has 1 heterocycles. The van der Waals surface area contributed by atoms with Crippen molar-refractivity contribution in [3.63, 3.8) is 0 Å². The number of carboxylic acids is 1. The second-order valence-electron chi connectivity index (χ2n) is 6.29. The number of rotatable bonds is 4. The molecule has 0 aliphatic carbocycles. The van der Waals surface area contributed by atoms with Gasteiger partial charge in [-0.2, -0.15) is 0 Å². The Labute approximate surface area is 136 Å². The number of hydrogen-bond donors (Lipinski definition) is 1. The molecule has 0 aromatic heterocycles. The molecule has 126 valence electrons. The third-order valence-electron chi connectivity index (χ3n) is 4.11. The standard InChI is InChI=1S/C16H21NO5S/c1-10-6-13(16(19)20)9-17(8-10)14-7-12(11(2)18)4-5-15(14)23(3,21)22/h4-5,7,10,13H,6,8-9H2,1-3H3,(H,19,20). The number of carboxylic acid groups (broad SMARTS) is 1. The minimum absolute atomic E-state index is 0.123. The highest BCUT2D eigenvalue weighted by molar-refractivity contribution is 7.90. The fraction of sp³-hybridized carbons (Fsp3) is 0.500. The van der Waals surface area contributed by atoms with Crippen LogP contribution in [0.3, 0.4) is 0 Å². The monoisotopic (exact) mass is 339 g/mol. The van der Waals surface area contributed by atoms with Gasteiger partial charge in [-0.1, -0.05) is 6.92 Å². The fourth-order valence-corrected chi connectivity index (χ4v) is 3.91. The predicted molar refractivity (Wildman–Crippen MR) is 86.7 cm³/mol. The quantitative estimate of drug-likeness (QED) is 0.842. The van der Waals surface area contributed by atoms with E-state index in [1.165, 1.54) is 19.1 Å². The van der Waals surface area contributed by atoms with Gasteiger partial charge in [0.05, 0.1) is 16.5 Å². The Morgan fingerprint density at radius 3 is 2.43 bits per heavy atom. The van der Waals surface area contributed by atoms with Crippen LogP contribution in [0.5, 0.6) is 0 Å². The Morgan fingerprint density at radius 2 is 1.91 bits per heavy atom. The average Bonchev–Trinajstić information content (AvgIpc) is 2.44. The Kier molecular flexibility index (Phi) is 4.79. The van der Waals surface area contributed by atoms with Crippen molar-refractivity contribution in [1.82, 2.24) is 0 Å². The van der Waals surface area contributed by atoms with Crippen LogP contribution in [0.25, 0.3) is 0 Å². The fourth-order valence-electron chi connectivity index (χ4n) is 3.02. The number of benzene rings is 1. The van der Waals surface area contributed by atoms with E-state index >= 15 is 0 Å². The molecule has 1 aromatic carbocycles. The lowest BCUT2D eigenvalue weighted by Gasteiger charge is -2.37. The molecule has 23 heavy (non-hydrogen) atoms. The lowest BCUT2D eigenvalue weighted by atomic mass is 9.90. The van der Waals surface area contributed by atoms with Gasteiger partial charge in [0.2, 0.25) is 0 Å². The third-order valence-corrected chi connectivity index (χ3v) is 5.26. The van der Waals surface area contributed by atoms with Gasteiger partial charge in [0.15, 0.2) is 15.6 Å². The number of hydrogen-bond acceptors (Lipinski definition) is 5. The Bertz CT molecular complexity index is 741. The van der Waals surface area contributed by atoms with Crippen molar-refractivity contribution in [3.8, 4) is 0 Å². The van der Waals surface area contributed by atoms with E-state index in [0.717, 1.165) is 6.26 Å². The molecule has 0 radical (unpaired) electrons. The maximum Gasteiger partial charge on any atom is 0.308 e.